The number of aromatic nitrogens is 1. The van der Waals surface area contributed by atoms with E-state index >= 15 is 0 Å². The number of hydrogen-bond acceptors (Lipinski definition) is 2. The lowest BCUT2D eigenvalue weighted by Crippen LogP contribution is -2.29. The number of nitrogens with one attached hydrogen (secondary N) is 2. The van der Waals surface area contributed by atoms with Gasteiger partial charge < -0.3 is 10.3 Å². The van der Waals surface area contributed by atoms with E-state index in [9.17, 15) is 9.59 Å². The third-order valence-corrected chi connectivity index (χ3v) is 3.88. The van der Waals surface area contributed by atoms with Crippen LogP contribution in [0.25, 0.3) is 0 Å². The summed E-state index contributed by atoms with van der Waals surface area (Å²) in [6.07, 6.45) is 14.3. The van der Waals surface area contributed by atoms with Crippen LogP contribution in [0.3, 0.4) is 0 Å². The zero-order chi connectivity index (χ0) is 16.0. The molecule has 1 heterocycles. The maximum Gasteiger partial charge on any atom is 0.260 e. The fourth-order valence-corrected chi connectivity index (χ4v) is 2.51. The smallest absolute Gasteiger partial charge is 0.260 e. The molecule has 0 saturated heterocycles. The van der Waals surface area contributed by atoms with Crippen LogP contribution in [0, 0.1) is 0 Å². The molecular weight excluding hydrogens is 276 g/mol. The topological polar surface area (TPSA) is 62.0 Å². The third-order valence-electron chi connectivity index (χ3n) is 3.88. The van der Waals surface area contributed by atoms with Crippen LogP contribution in [0.4, 0.5) is 0 Å². The predicted octanol–water partition coefficient (Wildman–Crippen LogP) is 4.03. The second-order valence-corrected chi connectivity index (χ2v) is 5.85. The van der Waals surface area contributed by atoms with E-state index in [-0.39, 0.29) is 17.0 Å². The van der Waals surface area contributed by atoms with Gasteiger partial charge in [-0.05, 0) is 18.6 Å². The van der Waals surface area contributed by atoms with Gasteiger partial charge in [0.25, 0.3) is 11.5 Å². The van der Waals surface area contributed by atoms with E-state index in [0.717, 1.165) is 12.8 Å². The lowest BCUT2D eigenvalue weighted by atomic mass is 10.1. The minimum absolute atomic E-state index is 0.189. The van der Waals surface area contributed by atoms with Crippen molar-refractivity contribution in [2.75, 3.05) is 6.54 Å². The lowest BCUT2D eigenvalue weighted by Gasteiger charge is -2.05. The van der Waals surface area contributed by atoms with Crippen LogP contribution in [-0.2, 0) is 0 Å². The van der Waals surface area contributed by atoms with E-state index in [2.05, 4.69) is 17.2 Å². The van der Waals surface area contributed by atoms with Crippen LogP contribution < -0.4 is 10.9 Å². The summed E-state index contributed by atoms with van der Waals surface area (Å²) in [6.45, 7) is 2.89. The molecule has 0 atom stereocenters. The molecule has 4 nitrogen and oxygen atoms in total. The van der Waals surface area contributed by atoms with Gasteiger partial charge in [-0.2, -0.15) is 0 Å². The summed E-state index contributed by atoms with van der Waals surface area (Å²) in [5.74, 6) is -0.280. The molecule has 1 aromatic heterocycles. The lowest BCUT2D eigenvalue weighted by molar-refractivity contribution is 0.0951. The normalized spacial score (nSPS) is 10.6. The Labute approximate surface area is 133 Å². The van der Waals surface area contributed by atoms with Gasteiger partial charge in [0, 0.05) is 12.7 Å². The van der Waals surface area contributed by atoms with E-state index < -0.39 is 0 Å². The highest BCUT2D eigenvalue weighted by atomic mass is 16.2. The molecule has 0 radical (unpaired) electrons. The number of carbonyl (C=O) groups is 1. The Morgan fingerprint density at radius 1 is 1.00 bits per heavy atom. The SMILES string of the molecule is CCCCCCCCCCCCNC(=O)c1ccc[nH]c1=O. The van der Waals surface area contributed by atoms with Crippen molar-refractivity contribution in [2.45, 2.75) is 71.1 Å². The molecule has 0 spiro atoms. The van der Waals surface area contributed by atoms with Crippen molar-refractivity contribution >= 4 is 5.91 Å². The quantitative estimate of drug-likeness (QED) is 0.573. The summed E-state index contributed by atoms with van der Waals surface area (Å²) >= 11 is 0. The van der Waals surface area contributed by atoms with Crippen molar-refractivity contribution in [2.24, 2.45) is 0 Å². The molecule has 2 N–H and O–H groups in total. The van der Waals surface area contributed by atoms with Gasteiger partial charge in [-0.25, -0.2) is 0 Å². The first kappa shape index (κ1) is 18.5. The molecule has 1 amide bonds. The molecule has 1 rings (SSSR count). The number of amides is 1. The molecule has 0 unspecified atom stereocenters. The van der Waals surface area contributed by atoms with Gasteiger partial charge in [0.15, 0.2) is 0 Å². The molecule has 4 heteroatoms. The van der Waals surface area contributed by atoms with Crippen molar-refractivity contribution in [1.29, 1.82) is 0 Å². The Kier molecular flexibility index (Phi) is 10.1. The molecule has 0 aromatic carbocycles. The standard InChI is InChI=1S/C18H30N2O2/c1-2-3-4-5-6-7-8-9-10-11-14-19-17(21)16-13-12-15-20-18(16)22/h12-13,15H,2-11,14H2,1H3,(H,19,21)(H,20,22). The van der Waals surface area contributed by atoms with Gasteiger partial charge in [-0.1, -0.05) is 64.7 Å². The molecule has 22 heavy (non-hydrogen) atoms. The predicted molar refractivity (Wildman–Crippen MR) is 91.2 cm³/mol. The number of pyridine rings is 1. The molecule has 0 saturated carbocycles. The van der Waals surface area contributed by atoms with Crippen LogP contribution in [0.1, 0.15) is 81.5 Å². The molecule has 0 aliphatic rings. The fraction of sp³-hybridized carbons (Fsp3) is 0.667. The highest BCUT2D eigenvalue weighted by Crippen LogP contribution is 2.10. The third kappa shape index (κ3) is 8.01. The average molecular weight is 306 g/mol. The minimum Gasteiger partial charge on any atom is -0.352 e. The Morgan fingerprint density at radius 2 is 1.59 bits per heavy atom. The minimum atomic E-state index is -0.330. The summed E-state index contributed by atoms with van der Waals surface area (Å²) < 4.78 is 0. The fourth-order valence-electron chi connectivity index (χ4n) is 2.51. The van der Waals surface area contributed by atoms with Gasteiger partial charge in [-0.3, -0.25) is 9.59 Å². The largest absolute Gasteiger partial charge is 0.352 e. The maximum atomic E-state index is 11.8. The van der Waals surface area contributed by atoms with Crippen LogP contribution in [0.5, 0.6) is 0 Å². The number of rotatable bonds is 12. The van der Waals surface area contributed by atoms with Gasteiger partial charge in [0.05, 0.1) is 0 Å². The van der Waals surface area contributed by atoms with E-state index in [1.165, 1.54) is 57.6 Å². The van der Waals surface area contributed by atoms with E-state index in [0.29, 0.717) is 6.54 Å². The Balaban J connectivity index is 1.96. The summed E-state index contributed by atoms with van der Waals surface area (Å²) in [6, 6.07) is 3.21. The highest BCUT2D eigenvalue weighted by molar-refractivity contribution is 5.93. The van der Waals surface area contributed by atoms with Crippen molar-refractivity contribution in [3.8, 4) is 0 Å². The Hall–Kier alpha value is -1.58. The molecule has 0 aliphatic heterocycles. The average Bonchev–Trinajstić information content (AvgIpc) is 2.53. The van der Waals surface area contributed by atoms with Crippen LogP contribution in [0.2, 0.25) is 0 Å². The van der Waals surface area contributed by atoms with Gasteiger partial charge in [0.2, 0.25) is 0 Å². The molecule has 0 aliphatic carbocycles. The summed E-state index contributed by atoms with van der Waals surface area (Å²) in [7, 11) is 0. The zero-order valence-electron chi connectivity index (χ0n) is 13.8. The molecule has 0 bridgehead atoms. The molecular formula is C18H30N2O2. The second-order valence-electron chi connectivity index (χ2n) is 5.85. The molecule has 1 aromatic rings. The number of hydrogen-bond donors (Lipinski definition) is 2. The monoisotopic (exact) mass is 306 g/mol. The highest BCUT2D eigenvalue weighted by Gasteiger charge is 2.07. The second kappa shape index (κ2) is 12.0. The van der Waals surface area contributed by atoms with Crippen molar-refractivity contribution in [1.82, 2.24) is 10.3 Å². The van der Waals surface area contributed by atoms with E-state index in [1.807, 2.05) is 0 Å². The van der Waals surface area contributed by atoms with Gasteiger partial charge >= 0.3 is 0 Å². The van der Waals surface area contributed by atoms with Crippen molar-refractivity contribution in [3.63, 3.8) is 0 Å². The van der Waals surface area contributed by atoms with Crippen LogP contribution in [-0.4, -0.2) is 17.4 Å². The zero-order valence-corrected chi connectivity index (χ0v) is 13.8. The van der Waals surface area contributed by atoms with Crippen LogP contribution in [0.15, 0.2) is 23.1 Å². The Morgan fingerprint density at radius 3 is 2.18 bits per heavy atom. The first-order chi connectivity index (χ1) is 10.8. The number of aromatic amines is 1. The van der Waals surface area contributed by atoms with Gasteiger partial charge in [0.1, 0.15) is 5.56 Å². The first-order valence-corrected chi connectivity index (χ1v) is 8.71. The Bertz CT molecular complexity index is 468. The number of carbonyl (C=O) groups excluding carboxylic acids is 1. The summed E-state index contributed by atoms with van der Waals surface area (Å²) in [5.41, 5.74) is -0.141. The molecule has 124 valence electrons. The summed E-state index contributed by atoms with van der Waals surface area (Å²) in [4.78, 5) is 25.7. The van der Waals surface area contributed by atoms with Crippen molar-refractivity contribution < 1.29 is 4.79 Å². The van der Waals surface area contributed by atoms with E-state index in [1.54, 1.807) is 12.1 Å². The van der Waals surface area contributed by atoms with E-state index in [4.69, 9.17) is 0 Å². The van der Waals surface area contributed by atoms with Crippen molar-refractivity contribution in [3.05, 3.63) is 34.2 Å². The number of unbranched alkanes of at least 4 members (excludes halogenated alkanes) is 9. The molecule has 0 fully saturated rings. The first-order valence-electron chi connectivity index (χ1n) is 8.71. The van der Waals surface area contributed by atoms with Gasteiger partial charge in [-0.15, -0.1) is 0 Å². The maximum absolute atomic E-state index is 11.8. The summed E-state index contributed by atoms with van der Waals surface area (Å²) in [5, 5.41) is 2.81. The van der Waals surface area contributed by atoms with Crippen LogP contribution >= 0.6 is 0 Å². The number of H-pyrrole nitrogens is 1.